The highest BCUT2D eigenvalue weighted by Crippen LogP contribution is 2.46. The van der Waals surface area contributed by atoms with Gasteiger partial charge in [0, 0.05) is 17.8 Å². The van der Waals surface area contributed by atoms with Crippen molar-refractivity contribution in [2.75, 3.05) is 6.61 Å². The molecule has 156 valence electrons. The Labute approximate surface area is 176 Å². The van der Waals surface area contributed by atoms with E-state index in [1.165, 1.54) is 28.8 Å². The van der Waals surface area contributed by atoms with Gasteiger partial charge in [-0.05, 0) is 28.9 Å². The molecule has 4 rings (SSSR count). The van der Waals surface area contributed by atoms with Crippen molar-refractivity contribution in [1.82, 2.24) is 9.38 Å². The summed E-state index contributed by atoms with van der Waals surface area (Å²) in [5.41, 5.74) is 0.584. The lowest BCUT2D eigenvalue weighted by Crippen LogP contribution is -2.28. The number of ketones is 1. The second-order valence-corrected chi connectivity index (χ2v) is 7.39. The molecule has 2 aromatic heterocycles. The van der Waals surface area contributed by atoms with Crippen LogP contribution < -0.4 is 4.74 Å². The van der Waals surface area contributed by atoms with Crippen molar-refractivity contribution in [3.63, 3.8) is 0 Å². The van der Waals surface area contributed by atoms with Gasteiger partial charge in [0.1, 0.15) is 28.8 Å². The number of nitrogens with zero attached hydrogens (tertiary/aromatic N) is 2. The van der Waals surface area contributed by atoms with Crippen LogP contribution in [0.25, 0.3) is 5.65 Å². The molecule has 3 aromatic rings. The minimum Gasteiger partial charge on any atom is -0.465 e. The number of halogens is 4. The van der Waals surface area contributed by atoms with Crippen molar-refractivity contribution in [1.29, 1.82) is 0 Å². The predicted molar refractivity (Wildman–Crippen MR) is 102 cm³/mol. The number of pyridine rings is 1. The lowest BCUT2D eigenvalue weighted by molar-refractivity contribution is -0.146. The average molecular weight is 483 g/mol. The number of esters is 1. The highest BCUT2D eigenvalue weighted by Gasteiger charge is 2.50. The van der Waals surface area contributed by atoms with Gasteiger partial charge in [-0.1, -0.05) is 18.2 Å². The molecule has 2 atom stereocenters. The van der Waals surface area contributed by atoms with Crippen molar-refractivity contribution in [2.45, 2.75) is 19.5 Å². The summed E-state index contributed by atoms with van der Waals surface area (Å²) in [4.78, 5) is 29.9. The van der Waals surface area contributed by atoms with E-state index in [2.05, 4.69) is 25.7 Å². The Morgan fingerprint density at radius 1 is 1.33 bits per heavy atom. The van der Waals surface area contributed by atoms with E-state index < -0.39 is 36.0 Å². The summed E-state index contributed by atoms with van der Waals surface area (Å²) in [5.74, 6) is -4.52. The molecule has 10 heteroatoms. The van der Waals surface area contributed by atoms with Crippen molar-refractivity contribution in [3.05, 3.63) is 63.8 Å². The zero-order valence-electron chi connectivity index (χ0n) is 15.4. The fourth-order valence-corrected chi connectivity index (χ4v) is 4.05. The minimum absolute atomic E-state index is 0.0345. The molecule has 2 heterocycles. The van der Waals surface area contributed by atoms with Crippen molar-refractivity contribution in [3.8, 4) is 5.75 Å². The van der Waals surface area contributed by atoms with E-state index in [0.717, 1.165) is 6.07 Å². The van der Waals surface area contributed by atoms with Crippen LogP contribution in [0.1, 0.15) is 34.6 Å². The van der Waals surface area contributed by atoms with Crippen LogP contribution in [0.2, 0.25) is 0 Å². The number of fused-ring (bicyclic) bond motifs is 3. The molecule has 30 heavy (non-hydrogen) atoms. The van der Waals surface area contributed by atoms with Gasteiger partial charge in [-0.2, -0.15) is 8.78 Å². The number of carbonyl (C=O) groups is 2. The first-order chi connectivity index (χ1) is 14.3. The van der Waals surface area contributed by atoms with Crippen molar-refractivity contribution in [2.24, 2.45) is 5.92 Å². The number of aromatic nitrogens is 2. The molecular formula is C20H14BrF3N2O4. The molecule has 0 amide bonds. The smallest absolute Gasteiger partial charge is 0.387 e. The Balaban J connectivity index is 1.98. The van der Waals surface area contributed by atoms with Crippen LogP contribution in [-0.2, 0) is 9.53 Å². The monoisotopic (exact) mass is 482 g/mol. The first kappa shape index (κ1) is 20.4. The Hall–Kier alpha value is -2.88. The third-order valence-corrected chi connectivity index (χ3v) is 5.44. The summed E-state index contributed by atoms with van der Waals surface area (Å²) >= 11 is 3.09. The van der Waals surface area contributed by atoms with Crippen LogP contribution in [0, 0.1) is 11.7 Å². The fraction of sp³-hybridized carbons (Fsp3) is 0.250. The van der Waals surface area contributed by atoms with Gasteiger partial charge in [-0.3, -0.25) is 9.59 Å². The van der Waals surface area contributed by atoms with Crippen LogP contribution in [0.4, 0.5) is 13.2 Å². The molecule has 0 saturated carbocycles. The van der Waals surface area contributed by atoms with E-state index >= 15 is 0 Å². The normalized spacial score (nSPS) is 18.1. The highest BCUT2D eigenvalue weighted by molar-refractivity contribution is 9.10. The Kier molecular flexibility index (Phi) is 5.27. The van der Waals surface area contributed by atoms with Crippen molar-refractivity contribution >= 4 is 33.3 Å². The molecule has 0 radical (unpaired) electrons. The lowest BCUT2D eigenvalue weighted by atomic mass is 9.86. The predicted octanol–water partition coefficient (Wildman–Crippen LogP) is 4.34. The maximum Gasteiger partial charge on any atom is 0.387 e. The molecule has 0 N–H and O–H groups in total. The molecule has 1 aromatic carbocycles. The van der Waals surface area contributed by atoms with E-state index in [4.69, 9.17) is 4.74 Å². The molecule has 6 nitrogen and oxygen atoms in total. The summed E-state index contributed by atoms with van der Waals surface area (Å²) in [5, 5.41) is 0. The van der Waals surface area contributed by atoms with E-state index in [0.29, 0.717) is 0 Å². The van der Waals surface area contributed by atoms with Gasteiger partial charge in [0.25, 0.3) is 0 Å². The van der Waals surface area contributed by atoms with Gasteiger partial charge in [-0.25, -0.2) is 9.37 Å². The molecule has 0 fully saturated rings. The summed E-state index contributed by atoms with van der Waals surface area (Å²) < 4.78 is 51.2. The molecular weight excluding hydrogens is 469 g/mol. The van der Waals surface area contributed by atoms with Crippen LogP contribution in [-0.4, -0.2) is 34.4 Å². The second kappa shape index (κ2) is 7.75. The van der Waals surface area contributed by atoms with Crippen LogP contribution in [0.3, 0.4) is 0 Å². The molecule has 0 saturated heterocycles. The molecule has 0 spiro atoms. The first-order valence-corrected chi connectivity index (χ1v) is 9.74. The number of hydrogen-bond acceptors (Lipinski definition) is 5. The van der Waals surface area contributed by atoms with Gasteiger partial charge in [0.05, 0.1) is 22.7 Å². The topological polar surface area (TPSA) is 69.9 Å². The van der Waals surface area contributed by atoms with E-state index in [9.17, 15) is 22.8 Å². The summed E-state index contributed by atoms with van der Waals surface area (Å²) in [6.45, 7) is -1.48. The van der Waals surface area contributed by atoms with E-state index in [1.807, 2.05) is 0 Å². The largest absolute Gasteiger partial charge is 0.465 e. The Morgan fingerprint density at radius 3 is 2.77 bits per heavy atom. The summed E-state index contributed by atoms with van der Waals surface area (Å²) in [6.07, 6.45) is 1.38. The summed E-state index contributed by atoms with van der Waals surface area (Å²) in [6, 6.07) is 7.03. The molecule has 2 unspecified atom stereocenters. The Bertz CT molecular complexity index is 1160. The number of benzene rings is 1. The number of imidazole rings is 1. The standard InChI is InChI=1S/C20H14BrF3N2O4/c1-2-29-19(28)15-14(9-5-3-4-6-12(9)30-20(23)24)17-16(18(15)27)25-13-7-11(22)10(21)8-26(13)17/h3-8,14-15,20H,2H2,1H3. The Morgan fingerprint density at radius 2 is 2.07 bits per heavy atom. The number of hydrogen-bond donors (Lipinski definition) is 0. The lowest BCUT2D eigenvalue weighted by Gasteiger charge is -2.21. The van der Waals surface area contributed by atoms with Gasteiger partial charge in [0.2, 0.25) is 0 Å². The SMILES string of the molecule is CCOC(=O)C1C(=O)c2nc3cc(F)c(Br)cn3c2C1c1ccccc1OC(F)F. The van der Waals surface area contributed by atoms with Crippen LogP contribution in [0.15, 0.2) is 41.0 Å². The van der Waals surface area contributed by atoms with Gasteiger partial charge in [0.15, 0.2) is 5.78 Å². The third kappa shape index (κ3) is 3.24. The van der Waals surface area contributed by atoms with Gasteiger partial charge >= 0.3 is 12.6 Å². The van der Waals surface area contributed by atoms with Gasteiger partial charge in [-0.15, -0.1) is 0 Å². The maximum absolute atomic E-state index is 14.0. The quantitative estimate of drug-likeness (QED) is 0.399. The zero-order chi connectivity index (χ0) is 21.6. The van der Waals surface area contributed by atoms with Gasteiger partial charge < -0.3 is 13.9 Å². The first-order valence-electron chi connectivity index (χ1n) is 8.95. The number of carbonyl (C=O) groups excluding carboxylic acids is 2. The van der Waals surface area contributed by atoms with Crippen LogP contribution in [0.5, 0.6) is 5.75 Å². The fourth-order valence-electron chi connectivity index (χ4n) is 3.74. The number of para-hydroxylation sites is 1. The van der Waals surface area contributed by atoms with E-state index in [-0.39, 0.29) is 39.4 Å². The molecule has 0 aliphatic heterocycles. The third-order valence-electron chi connectivity index (χ3n) is 4.86. The number of rotatable bonds is 5. The molecule has 1 aliphatic rings. The molecule has 0 bridgehead atoms. The maximum atomic E-state index is 14.0. The number of ether oxygens (including phenoxy) is 2. The second-order valence-electron chi connectivity index (χ2n) is 6.53. The van der Waals surface area contributed by atoms with E-state index in [1.54, 1.807) is 13.0 Å². The summed E-state index contributed by atoms with van der Waals surface area (Å²) in [7, 11) is 0. The zero-order valence-corrected chi connectivity index (χ0v) is 17.0. The average Bonchev–Trinajstić information content (AvgIpc) is 3.17. The number of Topliss-reactive ketones (excluding diaryl/α,β-unsaturated/α-hetero) is 1. The molecule has 1 aliphatic carbocycles. The van der Waals surface area contributed by atoms with Crippen molar-refractivity contribution < 1.29 is 32.2 Å². The highest BCUT2D eigenvalue weighted by atomic mass is 79.9. The minimum atomic E-state index is -3.10. The number of alkyl halides is 2. The van der Waals surface area contributed by atoms with Crippen LogP contribution >= 0.6 is 15.9 Å².